The van der Waals surface area contributed by atoms with Crippen LogP contribution < -0.4 is 5.32 Å². The van der Waals surface area contributed by atoms with Crippen molar-refractivity contribution < 1.29 is 18.0 Å². The van der Waals surface area contributed by atoms with Gasteiger partial charge in [-0.2, -0.15) is 13.2 Å². The Kier molecular flexibility index (Phi) is 2.98. The zero-order chi connectivity index (χ0) is 10.8. The first-order chi connectivity index (χ1) is 6.45. The molecular formula is C9H10F3NO. The molecule has 2 nitrogen and oxygen atoms in total. The topological polar surface area (TPSA) is 29.1 Å². The molecule has 78 valence electrons. The van der Waals surface area contributed by atoms with E-state index >= 15 is 0 Å². The normalized spacial score (nSPS) is 21.7. The van der Waals surface area contributed by atoms with Crippen LogP contribution in [0.4, 0.5) is 13.2 Å². The van der Waals surface area contributed by atoms with Crippen LogP contribution >= 0.6 is 0 Å². The lowest BCUT2D eigenvalue weighted by atomic mass is 9.95. The van der Waals surface area contributed by atoms with Crippen molar-refractivity contribution >= 4 is 5.91 Å². The van der Waals surface area contributed by atoms with E-state index in [0.717, 1.165) is 12.2 Å². The molecule has 1 unspecified atom stereocenters. The molecule has 0 spiro atoms. The largest absolute Gasteiger partial charge is 0.416 e. The van der Waals surface area contributed by atoms with Gasteiger partial charge in [-0.1, -0.05) is 18.2 Å². The monoisotopic (exact) mass is 205 g/mol. The van der Waals surface area contributed by atoms with Crippen LogP contribution in [0.3, 0.4) is 0 Å². The molecule has 14 heavy (non-hydrogen) atoms. The van der Waals surface area contributed by atoms with Crippen LogP contribution in [0, 0.1) is 5.92 Å². The summed E-state index contributed by atoms with van der Waals surface area (Å²) in [5.74, 6) is -1.10. The maximum Gasteiger partial charge on any atom is 0.416 e. The summed E-state index contributed by atoms with van der Waals surface area (Å²) in [5, 5.41) is 2.32. The molecule has 1 aliphatic rings. The average Bonchev–Trinajstić information content (AvgIpc) is 2.15. The number of carbonyl (C=O) groups is 1. The van der Waals surface area contributed by atoms with Crippen LogP contribution in [0.5, 0.6) is 0 Å². The maximum absolute atomic E-state index is 12.2. The number of amides is 1. The summed E-state index contributed by atoms with van der Waals surface area (Å²) in [6.07, 6.45) is -0.733. The third-order valence-electron chi connectivity index (χ3n) is 1.98. The molecule has 0 aliphatic heterocycles. The Morgan fingerprint density at radius 2 is 2.21 bits per heavy atom. The van der Waals surface area contributed by atoms with Crippen molar-refractivity contribution in [3.8, 4) is 0 Å². The summed E-state index contributed by atoms with van der Waals surface area (Å²) < 4.78 is 36.7. The molecule has 0 bridgehead atoms. The van der Waals surface area contributed by atoms with Crippen LogP contribution in [-0.4, -0.2) is 19.1 Å². The van der Waals surface area contributed by atoms with Gasteiger partial charge in [-0.15, -0.1) is 0 Å². The fourth-order valence-corrected chi connectivity index (χ4v) is 1.24. The SMILES string of the molecule is CNC(=O)C1C=C(C(F)(F)F)C=CC1. The second-order valence-electron chi connectivity index (χ2n) is 2.98. The van der Waals surface area contributed by atoms with Gasteiger partial charge in [0.05, 0.1) is 11.5 Å². The number of halogens is 3. The standard InChI is InChI=1S/C9H10F3NO/c1-13-8(14)6-3-2-4-7(5-6)9(10,11)12/h2,4-6H,3H2,1H3,(H,13,14). The van der Waals surface area contributed by atoms with Gasteiger partial charge >= 0.3 is 6.18 Å². The van der Waals surface area contributed by atoms with Gasteiger partial charge in [-0.3, -0.25) is 4.79 Å². The summed E-state index contributed by atoms with van der Waals surface area (Å²) in [6, 6.07) is 0. The Labute approximate surface area is 79.5 Å². The molecule has 1 atom stereocenters. The fourth-order valence-electron chi connectivity index (χ4n) is 1.24. The molecule has 0 radical (unpaired) electrons. The molecule has 0 fully saturated rings. The van der Waals surface area contributed by atoms with E-state index in [4.69, 9.17) is 0 Å². The van der Waals surface area contributed by atoms with Gasteiger partial charge in [0.1, 0.15) is 0 Å². The van der Waals surface area contributed by atoms with E-state index in [1.165, 1.54) is 13.1 Å². The number of carbonyl (C=O) groups excluding carboxylic acids is 1. The first-order valence-electron chi connectivity index (χ1n) is 4.12. The number of rotatable bonds is 1. The zero-order valence-electron chi connectivity index (χ0n) is 7.56. The summed E-state index contributed by atoms with van der Waals surface area (Å²) >= 11 is 0. The molecule has 0 heterocycles. The molecule has 1 amide bonds. The van der Waals surface area contributed by atoms with Gasteiger partial charge in [0.25, 0.3) is 0 Å². The van der Waals surface area contributed by atoms with E-state index in [2.05, 4.69) is 5.32 Å². The maximum atomic E-state index is 12.2. The predicted molar refractivity (Wildman–Crippen MR) is 45.5 cm³/mol. The zero-order valence-corrected chi connectivity index (χ0v) is 7.56. The number of hydrogen-bond donors (Lipinski definition) is 1. The number of nitrogens with one attached hydrogen (secondary N) is 1. The second kappa shape index (κ2) is 3.86. The van der Waals surface area contributed by atoms with E-state index < -0.39 is 23.6 Å². The number of alkyl halides is 3. The Morgan fingerprint density at radius 3 is 2.71 bits per heavy atom. The molecule has 0 aromatic heterocycles. The Morgan fingerprint density at radius 1 is 1.57 bits per heavy atom. The summed E-state index contributed by atoms with van der Waals surface area (Å²) in [6.45, 7) is 0. The van der Waals surface area contributed by atoms with E-state index in [9.17, 15) is 18.0 Å². The van der Waals surface area contributed by atoms with Gasteiger partial charge in [0.2, 0.25) is 5.91 Å². The number of hydrogen-bond acceptors (Lipinski definition) is 1. The molecule has 0 saturated carbocycles. The number of allylic oxidation sites excluding steroid dienone is 3. The van der Waals surface area contributed by atoms with Crippen LogP contribution in [0.2, 0.25) is 0 Å². The van der Waals surface area contributed by atoms with E-state index in [1.54, 1.807) is 0 Å². The van der Waals surface area contributed by atoms with E-state index in [1.807, 2.05) is 0 Å². The third-order valence-corrected chi connectivity index (χ3v) is 1.98. The molecule has 1 aliphatic carbocycles. The Balaban J connectivity index is 2.83. The summed E-state index contributed by atoms with van der Waals surface area (Å²) in [7, 11) is 1.40. The Bertz CT molecular complexity index is 291. The average molecular weight is 205 g/mol. The predicted octanol–water partition coefficient (Wildman–Crippen LogP) is 1.80. The summed E-state index contributed by atoms with van der Waals surface area (Å²) in [4.78, 5) is 11.1. The van der Waals surface area contributed by atoms with Crippen molar-refractivity contribution in [1.82, 2.24) is 5.32 Å². The highest BCUT2D eigenvalue weighted by Crippen LogP contribution is 2.31. The molecule has 5 heteroatoms. The highest BCUT2D eigenvalue weighted by atomic mass is 19.4. The Hall–Kier alpha value is -1.26. The smallest absolute Gasteiger partial charge is 0.359 e. The first-order valence-corrected chi connectivity index (χ1v) is 4.12. The van der Waals surface area contributed by atoms with Crippen molar-refractivity contribution in [2.24, 2.45) is 5.92 Å². The minimum atomic E-state index is -4.37. The molecular weight excluding hydrogens is 195 g/mol. The lowest BCUT2D eigenvalue weighted by Crippen LogP contribution is -2.28. The van der Waals surface area contributed by atoms with Gasteiger partial charge in [-0.25, -0.2) is 0 Å². The van der Waals surface area contributed by atoms with Crippen LogP contribution in [0.15, 0.2) is 23.8 Å². The van der Waals surface area contributed by atoms with Crippen molar-refractivity contribution in [2.45, 2.75) is 12.6 Å². The van der Waals surface area contributed by atoms with Crippen LogP contribution in [0.1, 0.15) is 6.42 Å². The lowest BCUT2D eigenvalue weighted by Gasteiger charge is -2.16. The highest BCUT2D eigenvalue weighted by molar-refractivity contribution is 5.80. The molecule has 0 saturated heterocycles. The van der Waals surface area contributed by atoms with E-state index in [-0.39, 0.29) is 0 Å². The second-order valence-corrected chi connectivity index (χ2v) is 2.98. The van der Waals surface area contributed by atoms with Crippen molar-refractivity contribution in [2.75, 3.05) is 7.05 Å². The minimum absolute atomic E-state index is 0.319. The molecule has 0 aromatic carbocycles. The minimum Gasteiger partial charge on any atom is -0.359 e. The van der Waals surface area contributed by atoms with Crippen LogP contribution in [-0.2, 0) is 4.79 Å². The van der Waals surface area contributed by atoms with Crippen molar-refractivity contribution in [1.29, 1.82) is 0 Å². The van der Waals surface area contributed by atoms with Gasteiger partial charge in [0.15, 0.2) is 0 Å². The fraction of sp³-hybridized carbons (Fsp3) is 0.444. The van der Waals surface area contributed by atoms with Crippen molar-refractivity contribution in [3.63, 3.8) is 0 Å². The highest BCUT2D eigenvalue weighted by Gasteiger charge is 2.34. The molecule has 1 rings (SSSR count). The summed E-state index contributed by atoms with van der Waals surface area (Å²) in [5.41, 5.74) is -0.752. The van der Waals surface area contributed by atoms with Crippen molar-refractivity contribution in [3.05, 3.63) is 23.8 Å². The van der Waals surface area contributed by atoms with Crippen LogP contribution in [0.25, 0.3) is 0 Å². The van der Waals surface area contributed by atoms with Gasteiger partial charge in [0, 0.05) is 7.05 Å². The lowest BCUT2D eigenvalue weighted by molar-refractivity contribution is -0.123. The van der Waals surface area contributed by atoms with Gasteiger partial charge < -0.3 is 5.32 Å². The molecule has 1 N–H and O–H groups in total. The van der Waals surface area contributed by atoms with E-state index in [0.29, 0.717) is 6.42 Å². The first kappa shape index (κ1) is 10.8. The third kappa shape index (κ3) is 2.37. The molecule has 0 aromatic rings. The van der Waals surface area contributed by atoms with Gasteiger partial charge in [-0.05, 0) is 6.42 Å². The quantitative estimate of drug-likeness (QED) is 0.694.